The molecule has 0 aliphatic heterocycles. The van der Waals surface area contributed by atoms with Gasteiger partial charge in [0.25, 0.3) is 0 Å². The average molecular weight is 237 g/mol. The SMILES string of the molecule is CCN(CC)CC(C)Nc1cccc(OC)n1. The number of nitrogens with zero attached hydrogens (tertiary/aromatic N) is 2. The van der Waals surface area contributed by atoms with E-state index in [9.17, 15) is 0 Å². The Morgan fingerprint density at radius 2 is 2.06 bits per heavy atom. The van der Waals surface area contributed by atoms with Gasteiger partial charge in [0.05, 0.1) is 7.11 Å². The Labute approximate surface area is 104 Å². The Kier molecular flexibility index (Phi) is 5.77. The zero-order chi connectivity index (χ0) is 12.7. The zero-order valence-corrected chi connectivity index (χ0v) is 11.2. The first kappa shape index (κ1) is 13.8. The third kappa shape index (κ3) is 4.61. The van der Waals surface area contributed by atoms with E-state index in [0.717, 1.165) is 25.5 Å². The molecule has 0 amide bonds. The van der Waals surface area contributed by atoms with Crippen LogP contribution in [-0.4, -0.2) is 42.7 Å². The molecule has 1 rings (SSSR count). The van der Waals surface area contributed by atoms with E-state index >= 15 is 0 Å². The third-order valence-electron chi connectivity index (χ3n) is 2.75. The number of rotatable bonds is 7. The van der Waals surface area contributed by atoms with Gasteiger partial charge in [-0.3, -0.25) is 0 Å². The molecule has 96 valence electrons. The molecule has 0 aliphatic carbocycles. The maximum absolute atomic E-state index is 5.10. The van der Waals surface area contributed by atoms with E-state index < -0.39 is 0 Å². The molecule has 0 saturated carbocycles. The van der Waals surface area contributed by atoms with Crippen molar-refractivity contribution in [3.8, 4) is 5.88 Å². The van der Waals surface area contributed by atoms with Crippen LogP contribution in [0.4, 0.5) is 5.82 Å². The van der Waals surface area contributed by atoms with Gasteiger partial charge in [-0.1, -0.05) is 19.9 Å². The van der Waals surface area contributed by atoms with Gasteiger partial charge in [0, 0.05) is 18.7 Å². The van der Waals surface area contributed by atoms with Crippen LogP contribution in [-0.2, 0) is 0 Å². The molecule has 0 radical (unpaired) electrons. The second-order valence-electron chi connectivity index (χ2n) is 4.10. The van der Waals surface area contributed by atoms with Crippen molar-refractivity contribution in [2.75, 3.05) is 32.1 Å². The number of nitrogens with one attached hydrogen (secondary N) is 1. The molecule has 0 fully saturated rings. The summed E-state index contributed by atoms with van der Waals surface area (Å²) in [6, 6.07) is 6.12. The number of likely N-dealkylation sites (N-methyl/N-ethyl adjacent to an activating group) is 1. The summed E-state index contributed by atoms with van der Waals surface area (Å²) in [5.74, 6) is 1.51. The minimum atomic E-state index is 0.370. The Balaban J connectivity index is 2.52. The molecule has 1 aromatic heterocycles. The van der Waals surface area contributed by atoms with E-state index in [1.165, 1.54) is 0 Å². The van der Waals surface area contributed by atoms with Crippen LogP contribution in [0.5, 0.6) is 5.88 Å². The van der Waals surface area contributed by atoms with E-state index in [0.29, 0.717) is 11.9 Å². The molecule has 1 unspecified atom stereocenters. The molecule has 4 nitrogen and oxygen atoms in total. The van der Waals surface area contributed by atoms with Gasteiger partial charge in [0.15, 0.2) is 0 Å². The third-order valence-corrected chi connectivity index (χ3v) is 2.75. The fourth-order valence-electron chi connectivity index (χ4n) is 1.78. The molecule has 1 heterocycles. The number of ether oxygens (including phenoxy) is 1. The van der Waals surface area contributed by atoms with E-state index in [4.69, 9.17) is 4.74 Å². The van der Waals surface area contributed by atoms with Crippen LogP contribution in [0.3, 0.4) is 0 Å². The summed E-state index contributed by atoms with van der Waals surface area (Å²) in [6.07, 6.45) is 0. The average Bonchev–Trinajstić information content (AvgIpc) is 2.36. The van der Waals surface area contributed by atoms with Crippen LogP contribution in [0.15, 0.2) is 18.2 Å². The molecule has 0 saturated heterocycles. The standard InChI is InChI=1S/C13H23N3O/c1-5-16(6-2)10-11(3)14-12-8-7-9-13(15-12)17-4/h7-9,11H,5-6,10H2,1-4H3,(H,14,15). The van der Waals surface area contributed by atoms with Gasteiger partial charge >= 0.3 is 0 Å². The van der Waals surface area contributed by atoms with Crippen LogP contribution in [0.1, 0.15) is 20.8 Å². The van der Waals surface area contributed by atoms with Crippen molar-refractivity contribution in [1.29, 1.82) is 0 Å². The lowest BCUT2D eigenvalue weighted by molar-refractivity contribution is 0.294. The number of hydrogen-bond acceptors (Lipinski definition) is 4. The van der Waals surface area contributed by atoms with Crippen LogP contribution in [0.2, 0.25) is 0 Å². The van der Waals surface area contributed by atoms with Gasteiger partial charge in [0.2, 0.25) is 5.88 Å². The summed E-state index contributed by atoms with van der Waals surface area (Å²) >= 11 is 0. The summed E-state index contributed by atoms with van der Waals surface area (Å²) < 4.78 is 5.10. The van der Waals surface area contributed by atoms with Gasteiger partial charge in [-0.15, -0.1) is 0 Å². The van der Waals surface area contributed by atoms with Gasteiger partial charge < -0.3 is 15.0 Å². The summed E-state index contributed by atoms with van der Waals surface area (Å²) in [5.41, 5.74) is 0. The lowest BCUT2D eigenvalue weighted by atomic mass is 10.3. The molecule has 1 N–H and O–H groups in total. The predicted molar refractivity (Wildman–Crippen MR) is 71.7 cm³/mol. The van der Waals surface area contributed by atoms with Crippen molar-refractivity contribution >= 4 is 5.82 Å². The molecule has 0 aromatic carbocycles. The Bertz CT molecular complexity index is 326. The first-order valence-electron chi connectivity index (χ1n) is 6.19. The van der Waals surface area contributed by atoms with E-state index in [1.54, 1.807) is 7.11 Å². The highest BCUT2D eigenvalue weighted by Gasteiger charge is 2.07. The smallest absolute Gasteiger partial charge is 0.214 e. The second kappa shape index (κ2) is 7.12. The van der Waals surface area contributed by atoms with E-state index in [2.05, 4.69) is 36.0 Å². The zero-order valence-electron chi connectivity index (χ0n) is 11.2. The molecule has 1 aromatic rings. The van der Waals surface area contributed by atoms with Gasteiger partial charge in [-0.2, -0.15) is 4.98 Å². The Hall–Kier alpha value is -1.29. The van der Waals surface area contributed by atoms with Crippen LogP contribution < -0.4 is 10.1 Å². The summed E-state index contributed by atoms with van der Waals surface area (Å²) in [5, 5.41) is 3.38. The highest BCUT2D eigenvalue weighted by Crippen LogP contribution is 2.11. The molecule has 17 heavy (non-hydrogen) atoms. The number of hydrogen-bond donors (Lipinski definition) is 1. The lowest BCUT2D eigenvalue weighted by Gasteiger charge is -2.23. The Morgan fingerprint density at radius 3 is 2.65 bits per heavy atom. The molecular formula is C13H23N3O. The van der Waals surface area contributed by atoms with Crippen LogP contribution in [0.25, 0.3) is 0 Å². The summed E-state index contributed by atoms with van der Waals surface area (Å²) in [6.45, 7) is 9.70. The fourth-order valence-corrected chi connectivity index (χ4v) is 1.78. The minimum Gasteiger partial charge on any atom is -0.481 e. The monoisotopic (exact) mass is 237 g/mol. The predicted octanol–water partition coefficient (Wildman–Crippen LogP) is 2.23. The van der Waals surface area contributed by atoms with Crippen LogP contribution in [0, 0.1) is 0 Å². The Morgan fingerprint density at radius 1 is 1.35 bits per heavy atom. The lowest BCUT2D eigenvalue weighted by Crippen LogP contribution is -2.34. The molecule has 0 aliphatic rings. The number of anilines is 1. The molecule has 0 spiro atoms. The highest BCUT2D eigenvalue weighted by molar-refractivity contribution is 5.37. The van der Waals surface area contributed by atoms with Gasteiger partial charge in [-0.05, 0) is 26.1 Å². The first-order valence-corrected chi connectivity index (χ1v) is 6.19. The van der Waals surface area contributed by atoms with E-state index in [-0.39, 0.29) is 0 Å². The van der Waals surface area contributed by atoms with E-state index in [1.807, 2.05) is 18.2 Å². The number of aromatic nitrogens is 1. The largest absolute Gasteiger partial charge is 0.481 e. The van der Waals surface area contributed by atoms with Gasteiger partial charge in [-0.25, -0.2) is 0 Å². The van der Waals surface area contributed by atoms with Crippen molar-refractivity contribution in [3.63, 3.8) is 0 Å². The van der Waals surface area contributed by atoms with Crippen molar-refractivity contribution in [2.24, 2.45) is 0 Å². The van der Waals surface area contributed by atoms with Crippen molar-refractivity contribution < 1.29 is 4.74 Å². The number of pyridine rings is 1. The maximum Gasteiger partial charge on any atom is 0.214 e. The second-order valence-corrected chi connectivity index (χ2v) is 4.10. The summed E-state index contributed by atoms with van der Waals surface area (Å²) in [7, 11) is 1.63. The van der Waals surface area contributed by atoms with Crippen molar-refractivity contribution in [2.45, 2.75) is 26.8 Å². The van der Waals surface area contributed by atoms with Crippen LogP contribution >= 0.6 is 0 Å². The highest BCUT2D eigenvalue weighted by atomic mass is 16.5. The number of methoxy groups -OCH3 is 1. The van der Waals surface area contributed by atoms with Crippen molar-refractivity contribution in [1.82, 2.24) is 9.88 Å². The maximum atomic E-state index is 5.10. The van der Waals surface area contributed by atoms with Crippen molar-refractivity contribution in [3.05, 3.63) is 18.2 Å². The normalized spacial score (nSPS) is 12.5. The molecule has 4 heteroatoms. The summed E-state index contributed by atoms with van der Waals surface area (Å²) in [4.78, 5) is 6.73. The minimum absolute atomic E-state index is 0.370. The first-order chi connectivity index (χ1) is 8.19. The quantitative estimate of drug-likeness (QED) is 0.789. The molecular weight excluding hydrogens is 214 g/mol. The van der Waals surface area contributed by atoms with Gasteiger partial charge in [0.1, 0.15) is 5.82 Å². The molecule has 1 atom stereocenters. The molecule has 0 bridgehead atoms. The topological polar surface area (TPSA) is 37.4 Å². The fraction of sp³-hybridized carbons (Fsp3) is 0.615.